The van der Waals surface area contributed by atoms with Crippen LogP contribution in [0.3, 0.4) is 0 Å². The first-order valence-corrected chi connectivity index (χ1v) is 12.0. The van der Waals surface area contributed by atoms with E-state index in [0.29, 0.717) is 21.6 Å². The number of fused-ring (bicyclic) bond motifs is 2. The van der Waals surface area contributed by atoms with Crippen molar-refractivity contribution in [3.8, 4) is 0 Å². The molecular weight excluding hydrogens is 502 g/mol. The first-order chi connectivity index (χ1) is 17.3. The molecule has 0 saturated heterocycles. The van der Waals surface area contributed by atoms with Crippen molar-refractivity contribution in [1.82, 2.24) is 23.3 Å². The van der Waals surface area contributed by atoms with Crippen molar-refractivity contribution in [1.29, 1.82) is 0 Å². The fourth-order valence-corrected chi connectivity index (χ4v) is 4.35. The smallest absolute Gasteiger partial charge is 0.419 e. The van der Waals surface area contributed by atoms with Crippen molar-refractivity contribution in [3.63, 3.8) is 0 Å². The van der Waals surface area contributed by atoms with Crippen LogP contribution in [0.4, 0.5) is 4.79 Å². The van der Waals surface area contributed by atoms with Crippen LogP contribution in [0.15, 0.2) is 33.9 Å². The average Bonchev–Trinajstić information content (AvgIpc) is 3.31. The number of ether oxygens (including phenoxy) is 2. The van der Waals surface area contributed by atoms with Gasteiger partial charge in [0.1, 0.15) is 17.8 Å². The van der Waals surface area contributed by atoms with E-state index in [1.54, 1.807) is 59.0 Å². The number of carbonyl (C=O) groups is 2. The number of carbonyl (C=O) groups excluding carboxylic acids is 2. The summed E-state index contributed by atoms with van der Waals surface area (Å²) in [4.78, 5) is 56.4. The van der Waals surface area contributed by atoms with Crippen LogP contribution >= 0.6 is 11.6 Å². The van der Waals surface area contributed by atoms with E-state index in [4.69, 9.17) is 21.1 Å². The zero-order valence-corrected chi connectivity index (χ0v) is 22.3. The van der Waals surface area contributed by atoms with Gasteiger partial charge in [-0.25, -0.2) is 19.1 Å². The Morgan fingerprint density at radius 1 is 1.08 bits per heavy atom. The number of hydrogen-bond donors (Lipinski definition) is 0. The average molecular weight is 530 g/mol. The van der Waals surface area contributed by atoms with Gasteiger partial charge in [-0.1, -0.05) is 11.6 Å². The second-order valence-electron chi connectivity index (χ2n) is 9.63. The van der Waals surface area contributed by atoms with E-state index >= 15 is 0 Å². The van der Waals surface area contributed by atoms with E-state index in [9.17, 15) is 19.2 Å². The van der Waals surface area contributed by atoms with Gasteiger partial charge in [0.2, 0.25) is 0 Å². The normalized spacial score (nSPS) is 11.9. The minimum atomic E-state index is -0.771. The number of nitrogens with zero attached hydrogens (tertiary/aromatic N) is 5. The maximum Gasteiger partial charge on any atom is 0.419 e. The molecule has 37 heavy (non-hydrogen) atoms. The zero-order valence-electron chi connectivity index (χ0n) is 21.5. The Bertz CT molecular complexity index is 1670. The highest BCUT2D eigenvalue weighted by molar-refractivity contribution is 6.31. The molecule has 0 aliphatic carbocycles. The minimum absolute atomic E-state index is 0.143. The third-order valence-corrected chi connectivity index (χ3v) is 6.03. The standard InChI is InChI=1S/C25H28ClN5O6/c1-7-36-19(32)12-18-27-21-20(28(18)5)22(33)30(23(34)29(21)6)13-16-11-14-10-15(26)8-9-17(14)31(16)24(35)37-25(2,3)4/h8-11H,7,12-13H2,1-6H3. The van der Waals surface area contributed by atoms with Crippen LogP contribution in [-0.2, 0) is 41.3 Å². The lowest BCUT2D eigenvalue weighted by atomic mass is 10.2. The van der Waals surface area contributed by atoms with Gasteiger partial charge in [-0.15, -0.1) is 0 Å². The van der Waals surface area contributed by atoms with Gasteiger partial charge < -0.3 is 14.0 Å². The van der Waals surface area contributed by atoms with Crippen molar-refractivity contribution < 1.29 is 19.1 Å². The number of aryl methyl sites for hydroxylation is 2. The van der Waals surface area contributed by atoms with Gasteiger partial charge in [-0.2, -0.15) is 0 Å². The first kappa shape index (κ1) is 26.2. The summed E-state index contributed by atoms with van der Waals surface area (Å²) in [7, 11) is 3.09. The van der Waals surface area contributed by atoms with Gasteiger partial charge >= 0.3 is 17.8 Å². The summed E-state index contributed by atoms with van der Waals surface area (Å²) in [5, 5.41) is 1.12. The quantitative estimate of drug-likeness (QED) is 0.364. The maximum absolute atomic E-state index is 13.6. The highest BCUT2D eigenvalue weighted by atomic mass is 35.5. The molecule has 196 valence electrons. The summed E-state index contributed by atoms with van der Waals surface area (Å²) < 4.78 is 15.7. The SMILES string of the molecule is CCOC(=O)Cc1nc2c(c(=O)n(Cc3cc4cc(Cl)ccc4n3C(=O)OC(C)(C)C)c(=O)n2C)n1C. The van der Waals surface area contributed by atoms with E-state index < -0.39 is 28.9 Å². The molecule has 0 atom stereocenters. The zero-order chi connectivity index (χ0) is 27.2. The van der Waals surface area contributed by atoms with Crippen molar-refractivity contribution in [2.75, 3.05) is 6.61 Å². The lowest BCUT2D eigenvalue weighted by molar-refractivity contribution is -0.142. The number of esters is 1. The Morgan fingerprint density at radius 3 is 2.43 bits per heavy atom. The molecule has 0 aliphatic heterocycles. The molecule has 0 unspecified atom stereocenters. The molecule has 3 heterocycles. The molecule has 0 spiro atoms. The van der Waals surface area contributed by atoms with Crippen LogP contribution in [0.1, 0.15) is 39.2 Å². The van der Waals surface area contributed by atoms with Gasteiger partial charge in [-0.05, 0) is 52.0 Å². The predicted octanol–water partition coefficient (Wildman–Crippen LogP) is 2.98. The molecule has 4 rings (SSSR count). The minimum Gasteiger partial charge on any atom is -0.466 e. The fourth-order valence-electron chi connectivity index (χ4n) is 4.17. The Hall–Kier alpha value is -3.86. The first-order valence-electron chi connectivity index (χ1n) is 11.7. The van der Waals surface area contributed by atoms with Crippen molar-refractivity contribution in [3.05, 3.63) is 61.6 Å². The summed E-state index contributed by atoms with van der Waals surface area (Å²) in [6.07, 6.45) is -0.802. The van der Waals surface area contributed by atoms with Crippen molar-refractivity contribution in [2.24, 2.45) is 14.1 Å². The molecule has 11 nitrogen and oxygen atoms in total. The van der Waals surface area contributed by atoms with Crippen molar-refractivity contribution in [2.45, 2.75) is 46.3 Å². The molecule has 0 aliphatic rings. The topological polar surface area (TPSA) is 119 Å². The Labute approximate surface area is 216 Å². The molecule has 0 N–H and O–H groups in total. The molecule has 0 saturated carbocycles. The molecule has 0 fully saturated rings. The molecule has 1 aromatic carbocycles. The third kappa shape index (κ3) is 4.91. The van der Waals surface area contributed by atoms with E-state index in [-0.39, 0.29) is 36.6 Å². The lowest BCUT2D eigenvalue weighted by Gasteiger charge is -2.21. The molecular formula is C25H28ClN5O6. The van der Waals surface area contributed by atoms with Crippen LogP contribution in [0.5, 0.6) is 0 Å². The molecule has 0 bridgehead atoms. The highest BCUT2D eigenvalue weighted by Gasteiger charge is 2.25. The third-order valence-electron chi connectivity index (χ3n) is 5.80. The lowest BCUT2D eigenvalue weighted by Crippen LogP contribution is -2.40. The summed E-state index contributed by atoms with van der Waals surface area (Å²) >= 11 is 6.16. The molecule has 0 radical (unpaired) electrons. The van der Waals surface area contributed by atoms with Crippen LogP contribution < -0.4 is 11.2 Å². The Morgan fingerprint density at radius 2 is 1.78 bits per heavy atom. The van der Waals surface area contributed by atoms with Crippen LogP contribution in [0.25, 0.3) is 22.1 Å². The Kier molecular flexibility index (Phi) is 6.76. The summed E-state index contributed by atoms with van der Waals surface area (Å²) in [5.74, 6) is -0.206. The van der Waals surface area contributed by atoms with Crippen LogP contribution in [0.2, 0.25) is 5.02 Å². The molecule has 12 heteroatoms. The van der Waals surface area contributed by atoms with E-state index in [1.165, 1.54) is 20.7 Å². The van der Waals surface area contributed by atoms with Crippen LogP contribution in [0, 0.1) is 0 Å². The van der Waals surface area contributed by atoms with Gasteiger partial charge in [0.15, 0.2) is 11.2 Å². The van der Waals surface area contributed by atoms with E-state index in [2.05, 4.69) is 4.98 Å². The number of aromatic nitrogens is 5. The summed E-state index contributed by atoms with van der Waals surface area (Å²) in [6.45, 7) is 6.93. The Balaban J connectivity index is 1.89. The number of rotatable bonds is 5. The largest absolute Gasteiger partial charge is 0.466 e. The maximum atomic E-state index is 13.6. The number of benzene rings is 1. The van der Waals surface area contributed by atoms with Gasteiger partial charge in [-0.3, -0.25) is 18.7 Å². The number of halogens is 1. The second-order valence-corrected chi connectivity index (χ2v) is 10.1. The summed E-state index contributed by atoms with van der Waals surface area (Å²) in [5.41, 5.74) is -0.833. The van der Waals surface area contributed by atoms with Crippen LogP contribution in [-0.4, -0.2) is 47.5 Å². The van der Waals surface area contributed by atoms with Gasteiger partial charge in [0, 0.05) is 24.5 Å². The number of imidazole rings is 1. The van der Waals surface area contributed by atoms with Gasteiger partial charge in [0.05, 0.1) is 24.4 Å². The summed E-state index contributed by atoms with van der Waals surface area (Å²) in [6, 6.07) is 6.70. The predicted molar refractivity (Wildman–Crippen MR) is 138 cm³/mol. The van der Waals surface area contributed by atoms with E-state index in [0.717, 1.165) is 4.57 Å². The second kappa shape index (κ2) is 9.55. The van der Waals surface area contributed by atoms with Gasteiger partial charge in [0.25, 0.3) is 5.56 Å². The molecule has 4 aromatic rings. The molecule has 0 amide bonds. The molecule has 3 aromatic heterocycles. The van der Waals surface area contributed by atoms with E-state index in [1.807, 2.05) is 0 Å². The fraction of sp³-hybridized carbons (Fsp3) is 0.400. The number of hydrogen-bond acceptors (Lipinski definition) is 7. The monoisotopic (exact) mass is 529 g/mol. The van der Waals surface area contributed by atoms with Crippen molar-refractivity contribution >= 4 is 45.7 Å². The highest BCUT2D eigenvalue weighted by Crippen LogP contribution is 2.25.